The van der Waals surface area contributed by atoms with E-state index >= 15 is 0 Å². The van der Waals surface area contributed by atoms with Crippen LogP contribution in [0, 0.1) is 5.92 Å². The lowest BCUT2D eigenvalue weighted by Crippen LogP contribution is -2.61. The Bertz CT molecular complexity index is 341. The van der Waals surface area contributed by atoms with Gasteiger partial charge in [0, 0.05) is 19.0 Å². The number of carbonyl (C=O) groups is 2. The van der Waals surface area contributed by atoms with Gasteiger partial charge in [-0.05, 0) is 12.7 Å². The predicted octanol–water partition coefficient (Wildman–Crippen LogP) is -2.64. The van der Waals surface area contributed by atoms with E-state index in [-0.39, 0.29) is 25.3 Å². The van der Waals surface area contributed by atoms with E-state index in [2.05, 4.69) is 10.6 Å². The molecule has 0 unspecified atom stereocenters. The van der Waals surface area contributed by atoms with Crippen molar-refractivity contribution in [3.8, 4) is 0 Å². The third-order valence-electron chi connectivity index (χ3n) is 3.44. The van der Waals surface area contributed by atoms with Crippen LogP contribution in [-0.4, -0.2) is 59.3 Å². The summed E-state index contributed by atoms with van der Waals surface area (Å²) in [5.41, 5.74) is 3.84. The zero-order chi connectivity index (χ0) is 14.5. The zero-order valence-electron chi connectivity index (χ0n) is 10.6. The molecule has 0 spiro atoms. The van der Waals surface area contributed by atoms with Gasteiger partial charge < -0.3 is 31.5 Å². The molecule has 0 bridgehead atoms. The van der Waals surface area contributed by atoms with E-state index in [4.69, 9.17) is 15.8 Å². The van der Waals surface area contributed by atoms with Crippen LogP contribution in [0.5, 0.6) is 0 Å². The van der Waals surface area contributed by atoms with Crippen LogP contribution < -0.4 is 16.4 Å². The molecule has 1 aliphatic heterocycles. The Kier molecular flexibility index (Phi) is 5.73. The highest BCUT2D eigenvalue weighted by Gasteiger charge is 2.50. The number of nitrogens with two attached hydrogens (primary N) is 1. The van der Waals surface area contributed by atoms with Crippen LogP contribution in [0.15, 0.2) is 0 Å². The molecule has 1 amide bonds. The van der Waals surface area contributed by atoms with Crippen molar-refractivity contribution in [2.45, 2.75) is 24.7 Å². The standard InChI is InChI=1S/C10H20BN3O5/c12-4-8(15)14-10(9(16)17)6-13-5-7(10)2-1-3-11(18)19/h7,13,18-19H,1-6,12H2,(H,14,15)(H,16,17)/t7-,10-/m0/s1. The van der Waals surface area contributed by atoms with E-state index in [9.17, 15) is 14.7 Å². The van der Waals surface area contributed by atoms with Crippen molar-refractivity contribution < 1.29 is 24.7 Å². The summed E-state index contributed by atoms with van der Waals surface area (Å²) < 4.78 is 0. The van der Waals surface area contributed by atoms with Crippen LogP contribution in [0.3, 0.4) is 0 Å². The molecular weight excluding hydrogens is 253 g/mol. The molecule has 1 aliphatic rings. The third kappa shape index (κ3) is 3.90. The fraction of sp³-hybridized carbons (Fsp3) is 0.800. The summed E-state index contributed by atoms with van der Waals surface area (Å²) in [6.07, 6.45) is 1.12. The summed E-state index contributed by atoms with van der Waals surface area (Å²) in [4.78, 5) is 22.9. The monoisotopic (exact) mass is 273 g/mol. The number of hydrogen-bond acceptors (Lipinski definition) is 6. The molecule has 2 atom stereocenters. The molecule has 7 N–H and O–H groups in total. The molecule has 108 valence electrons. The first kappa shape index (κ1) is 15.9. The van der Waals surface area contributed by atoms with Crippen molar-refractivity contribution >= 4 is 19.0 Å². The van der Waals surface area contributed by atoms with Gasteiger partial charge in [0.15, 0.2) is 5.54 Å². The highest BCUT2D eigenvalue weighted by Crippen LogP contribution is 2.27. The van der Waals surface area contributed by atoms with Crippen molar-refractivity contribution in [1.82, 2.24) is 10.6 Å². The van der Waals surface area contributed by atoms with Crippen molar-refractivity contribution in [1.29, 1.82) is 0 Å². The molecule has 0 aromatic heterocycles. The Hall–Kier alpha value is -1.16. The lowest BCUT2D eigenvalue weighted by Gasteiger charge is -2.31. The molecule has 1 saturated heterocycles. The van der Waals surface area contributed by atoms with Gasteiger partial charge in [0.2, 0.25) is 5.91 Å². The number of aliphatic carboxylic acids is 1. The number of nitrogens with one attached hydrogen (secondary N) is 2. The smallest absolute Gasteiger partial charge is 0.451 e. The SMILES string of the molecule is NCC(=O)N[C@@]1(C(=O)O)CNC[C@@H]1CCCB(O)O. The van der Waals surface area contributed by atoms with Crippen molar-refractivity contribution in [2.24, 2.45) is 11.7 Å². The zero-order valence-corrected chi connectivity index (χ0v) is 10.6. The molecule has 8 nitrogen and oxygen atoms in total. The van der Waals surface area contributed by atoms with E-state index in [1.807, 2.05) is 0 Å². The van der Waals surface area contributed by atoms with Crippen LogP contribution >= 0.6 is 0 Å². The lowest BCUT2D eigenvalue weighted by molar-refractivity contribution is -0.148. The molecule has 19 heavy (non-hydrogen) atoms. The van der Waals surface area contributed by atoms with Gasteiger partial charge in [0.25, 0.3) is 0 Å². The Balaban J connectivity index is 2.71. The first-order chi connectivity index (χ1) is 8.92. The minimum absolute atomic E-state index is 0.139. The molecule has 0 aromatic carbocycles. The fourth-order valence-electron chi connectivity index (χ4n) is 2.41. The second-order valence-electron chi connectivity index (χ2n) is 4.77. The number of hydrogen-bond donors (Lipinski definition) is 6. The van der Waals surface area contributed by atoms with Gasteiger partial charge in [-0.15, -0.1) is 0 Å². The average Bonchev–Trinajstić information content (AvgIpc) is 2.73. The second-order valence-corrected chi connectivity index (χ2v) is 4.77. The topological polar surface area (TPSA) is 145 Å². The summed E-state index contributed by atoms with van der Waals surface area (Å²) in [7, 11) is -1.40. The molecule has 0 saturated carbocycles. The lowest BCUT2D eigenvalue weighted by atomic mass is 9.78. The molecule has 1 fully saturated rings. The van der Waals surface area contributed by atoms with E-state index in [1.54, 1.807) is 0 Å². The summed E-state index contributed by atoms with van der Waals surface area (Å²) >= 11 is 0. The molecule has 9 heteroatoms. The van der Waals surface area contributed by atoms with E-state index in [1.165, 1.54) is 0 Å². The van der Waals surface area contributed by atoms with Gasteiger partial charge in [-0.2, -0.15) is 0 Å². The van der Waals surface area contributed by atoms with Gasteiger partial charge >= 0.3 is 13.1 Å². The van der Waals surface area contributed by atoms with Gasteiger partial charge in [0.1, 0.15) is 0 Å². The number of rotatable bonds is 7. The van der Waals surface area contributed by atoms with Crippen LogP contribution in [0.2, 0.25) is 6.32 Å². The molecule has 0 aliphatic carbocycles. The van der Waals surface area contributed by atoms with Crippen molar-refractivity contribution in [2.75, 3.05) is 19.6 Å². The maximum atomic E-state index is 11.5. The Morgan fingerprint density at radius 1 is 1.47 bits per heavy atom. The highest BCUT2D eigenvalue weighted by atomic mass is 16.4. The van der Waals surface area contributed by atoms with Gasteiger partial charge in [-0.25, -0.2) is 4.79 Å². The normalized spacial score (nSPS) is 26.2. The first-order valence-electron chi connectivity index (χ1n) is 6.23. The minimum atomic E-state index is -1.40. The number of carboxylic acids is 1. The Morgan fingerprint density at radius 3 is 2.68 bits per heavy atom. The van der Waals surface area contributed by atoms with Gasteiger partial charge in [-0.3, -0.25) is 4.79 Å². The van der Waals surface area contributed by atoms with Crippen molar-refractivity contribution in [3.63, 3.8) is 0 Å². The quantitative estimate of drug-likeness (QED) is 0.278. The maximum Gasteiger partial charge on any atom is 0.451 e. The fourth-order valence-corrected chi connectivity index (χ4v) is 2.41. The van der Waals surface area contributed by atoms with Crippen molar-refractivity contribution in [3.05, 3.63) is 0 Å². The largest absolute Gasteiger partial charge is 0.479 e. The van der Waals surface area contributed by atoms with E-state index in [0.29, 0.717) is 19.4 Å². The minimum Gasteiger partial charge on any atom is -0.479 e. The second kappa shape index (κ2) is 6.85. The molecule has 1 rings (SSSR count). The predicted molar refractivity (Wildman–Crippen MR) is 68.2 cm³/mol. The Labute approximate surface area is 111 Å². The molecule has 0 radical (unpaired) electrons. The summed E-state index contributed by atoms with van der Waals surface area (Å²) in [6.45, 7) is 0.330. The molecule has 1 heterocycles. The summed E-state index contributed by atoms with van der Waals surface area (Å²) in [5.74, 6) is -1.92. The van der Waals surface area contributed by atoms with Gasteiger partial charge in [-0.1, -0.05) is 6.42 Å². The number of amides is 1. The van der Waals surface area contributed by atoms with Crippen LogP contribution in [0.1, 0.15) is 12.8 Å². The number of carbonyl (C=O) groups excluding carboxylic acids is 1. The Morgan fingerprint density at radius 2 is 2.16 bits per heavy atom. The van der Waals surface area contributed by atoms with Gasteiger partial charge in [0.05, 0.1) is 6.54 Å². The van der Waals surface area contributed by atoms with E-state index < -0.39 is 24.5 Å². The highest BCUT2D eigenvalue weighted by molar-refractivity contribution is 6.40. The average molecular weight is 273 g/mol. The van der Waals surface area contributed by atoms with E-state index in [0.717, 1.165) is 0 Å². The molecule has 0 aromatic rings. The summed E-state index contributed by atoms with van der Waals surface area (Å²) in [5, 5.41) is 32.4. The first-order valence-corrected chi connectivity index (χ1v) is 6.23. The number of carboxylic acid groups (broad SMARTS) is 1. The molecular formula is C10H20BN3O5. The third-order valence-corrected chi connectivity index (χ3v) is 3.44. The van der Waals surface area contributed by atoms with Crippen LogP contribution in [-0.2, 0) is 9.59 Å². The maximum absolute atomic E-state index is 11.5. The van der Waals surface area contributed by atoms with Crippen LogP contribution in [0.25, 0.3) is 0 Å². The summed E-state index contributed by atoms with van der Waals surface area (Å²) in [6, 6.07) is 0. The van der Waals surface area contributed by atoms with Crippen LogP contribution in [0.4, 0.5) is 0 Å².